The Balaban J connectivity index is 1.99. The molecule has 0 radical (unpaired) electrons. The van der Waals surface area contributed by atoms with Crippen LogP contribution in [0.2, 0.25) is 0 Å². The normalized spacial score (nSPS) is 25.2. The van der Waals surface area contributed by atoms with Crippen LogP contribution < -0.4 is 5.32 Å². The van der Waals surface area contributed by atoms with Crippen LogP contribution >= 0.6 is 0 Å². The summed E-state index contributed by atoms with van der Waals surface area (Å²) in [6.45, 7) is 1.33. The fourth-order valence-corrected chi connectivity index (χ4v) is 2.68. The van der Waals surface area contributed by atoms with E-state index in [9.17, 15) is 15.0 Å². The number of aliphatic hydroxyl groups excluding tert-OH is 2. The summed E-state index contributed by atoms with van der Waals surface area (Å²) in [5, 5.41) is 32.5. The summed E-state index contributed by atoms with van der Waals surface area (Å²) >= 11 is 0. The summed E-state index contributed by atoms with van der Waals surface area (Å²) in [7, 11) is 0. The monoisotopic (exact) mass is 308 g/mol. The predicted molar refractivity (Wildman–Crippen MR) is 82.5 cm³/mol. The van der Waals surface area contributed by atoms with E-state index >= 15 is 0 Å². The lowest BCUT2D eigenvalue weighted by Gasteiger charge is -2.42. The zero-order valence-corrected chi connectivity index (χ0v) is 12.6. The average molecular weight is 308 g/mol. The van der Waals surface area contributed by atoms with Crippen molar-refractivity contribution in [2.24, 2.45) is 0 Å². The number of aliphatic hydroxyl groups is 3. The quantitative estimate of drug-likeness (QED) is 0.537. The van der Waals surface area contributed by atoms with E-state index in [-0.39, 0.29) is 25.6 Å². The molecule has 1 fully saturated rings. The maximum absolute atomic E-state index is 12.5. The van der Waals surface area contributed by atoms with Gasteiger partial charge in [-0.25, -0.2) is 0 Å². The number of benzene rings is 1. The number of amides is 1. The van der Waals surface area contributed by atoms with Gasteiger partial charge in [-0.2, -0.15) is 0 Å². The number of rotatable bonds is 6. The van der Waals surface area contributed by atoms with Crippen LogP contribution in [0.3, 0.4) is 0 Å². The topological polar surface area (TPSA) is 93.0 Å². The van der Waals surface area contributed by atoms with Crippen molar-refractivity contribution in [1.82, 2.24) is 10.2 Å². The third-order valence-electron chi connectivity index (χ3n) is 4.01. The van der Waals surface area contributed by atoms with Crippen molar-refractivity contribution in [3.63, 3.8) is 0 Å². The number of carbonyl (C=O) groups excluding carboxylic acids is 1. The number of nitrogens with one attached hydrogen (secondary N) is 1. The Hall–Kier alpha value is -1.47. The number of piperidine rings is 1. The summed E-state index contributed by atoms with van der Waals surface area (Å²) in [4.78, 5) is 14.0. The molecule has 0 unspecified atom stereocenters. The summed E-state index contributed by atoms with van der Waals surface area (Å²) < 4.78 is 0. The molecule has 1 saturated heterocycles. The first-order valence-corrected chi connectivity index (χ1v) is 7.63. The molecule has 4 N–H and O–H groups in total. The molecular weight excluding hydrogens is 284 g/mol. The molecule has 1 aromatic carbocycles. The van der Waals surface area contributed by atoms with Gasteiger partial charge in [-0.1, -0.05) is 18.2 Å². The first kappa shape index (κ1) is 16.9. The molecule has 1 aromatic rings. The largest absolute Gasteiger partial charge is 0.396 e. The van der Waals surface area contributed by atoms with Crippen molar-refractivity contribution in [2.45, 2.75) is 24.5 Å². The van der Waals surface area contributed by atoms with E-state index in [0.29, 0.717) is 31.5 Å². The van der Waals surface area contributed by atoms with Gasteiger partial charge in [-0.15, -0.1) is 0 Å². The summed E-state index contributed by atoms with van der Waals surface area (Å²) in [6.07, 6.45) is 0.0595. The van der Waals surface area contributed by atoms with Crippen molar-refractivity contribution in [3.8, 4) is 0 Å². The molecule has 1 heterocycles. The Morgan fingerprint density at radius 1 is 1.36 bits per heavy atom. The Bertz CT molecular complexity index is 482. The fraction of sp³-hybridized carbons (Fsp3) is 0.562. The molecule has 0 bridgehead atoms. The van der Waals surface area contributed by atoms with Crippen LogP contribution in [0.15, 0.2) is 30.3 Å². The second-order valence-electron chi connectivity index (χ2n) is 5.75. The molecule has 0 aromatic heterocycles. The Morgan fingerprint density at radius 3 is 2.77 bits per heavy atom. The van der Waals surface area contributed by atoms with E-state index in [4.69, 9.17) is 5.11 Å². The molecule has 0 aliphatic carbocycles. The maximum atomic E-state index is 12.5. The van der Waals surface area contributed by atoms with Gasteiger partial charge in [0.1, 0.15) is 5.60 Å². The molecule has 1 aliphatic rings. The van der Waals surface area contributed by atoms with Crippen LogP contribution in [0.4, 0.5) is 0 Å². The molecule has 6 heteroatoms. The van der Waals surface area contributed by atoms with E-state index in [1.807, 2.05) is 6.07 Å². The lowest BCUT2D eigenvalue weighted by Crippen LogP contribution is -2.62. The van der Waals surface area contributed by atoms with E-state index in [1.54, 1.807) is 29.2 Å². The van der Waals surface area contributed by atoms with Crippen LogP contribution in [0.1, 0.15) is 23.2 Å². The Kier molecular flexibility index (Phi) is 5.90. The van der Waals surface area contributed by atoms with Gasteiger partial charge in [0.2, 0.25) is 0 Å². The van der Waals surface area contributed by atoms with Crippen LogP contribution in [-0.2, 0) is 0 Å². The number of nitrogens with zero attached hydrogens (tertiary/aromatic N) is 1. The van der Waals surface area contributed by atoms with Crippen molar-refractivity contribution in [1.29, 1.82) is 0 Å². The van der Waals surface area contributed by atoms with Crippen LogP contribution in [0, 0.1) is 0 Å². The van der Waals surface area contributed by atoms with Crippen molar-refractivity contribution in [2.75, 3.05) is 32.8 Å². The van der Waals surface area contributed by atoms with E-state index in [0.717, 1.165) is 0 Å². The average Bonchev–Trinajstić information content (AvgIpc) is 2.54. The van der Waals surface area contributed by atoms with Crippen LogP contribution in [0.5, 0.6) is 0 Å². The predicted octanol–water partition coefficient (Wildman–Crippen LogP) is -0.404. The molecule has 0 saturated carbocycles. The van der Waals surface area contributed by atoms with Gasteiger partial charge in [0.25, 0.3) is 5.91 Å². The van der Waals surface area contributed by atoms with Gasteiger partial charge in [0.05, 0.1) is 12.6 Å². The number of hydrogen-bond donors (Lipinski definition) is 4. The van der Waals surface area contributed by atoms with E-state index in [2.05, 4.69) is 5.32 Å². The highest BCUT2D eigenvalue weighted by Gasteiger charge is 2.42. The molecular formula is C16H24N2O4. The molecule has 2 atom stereocenters. The molecule has 122 valence electrons. The highest BCUT2D eigenvalue weighted by Crippen LogP contribution is 2.23. The van der Waals surface area contributed by atoms with Crippen LogP contribution in [0.25, 0.3) is 0 Å². The van der Waals surface area contributed by atoms with E-state index < -0.39 is 11.7 Å². The van der Waals surface area contributed by atoms with E-state index in [1.165, 1.54) is 0 Å². The number of likely N-dealkylation sites (tertiary alicyclic amines) is 1. The van der Waals surface area contributed by atoms with Crippen molar-refractivity contribution < 1.29 is 20.1 Å². The van der Waals surface area contributed by atoms with Gasteiger partial charge in [-0.05, 0) is 31.5 Å². The lowest BCUT2D eigenvalue weighted by atomic mass is 9.89. The highest BCUT2D eigenvalue weighted by atomic mass is 16.3. The Morgan fingerprint density at radius 2 is 2.09 bits per heavy atom. The van der Waals surface area contributed by atoms with Gasteiger partial charge in [0, 0.05) is 25.3 Å². The van der Waals surface area contributed by atoms with Gasteiger partial charge >= 0.3 is 0 Å². The second-order valence-corrected chi connectivity index (χ2v) is 5.75. The highest BCUT2D eigenvalue weighted by molar-refractivity contribution is 5.94. The molecule has 2 rings (SSSR count). The minimum Gasteiger partial charge on any atom is -0.396 e. The number of hydrogen-bond acceptors (Lipinski definition) is 5. The SMILES string of the molecule is O=C(c1ccccc1)N1CC[C@@H](O)[C@](O)(CNCCCO)C1. The molecule has 6 nitrogen and oxygen atoms in total. The third kappa shape index (κ3) is 4.04. The minimum absolute atomic E-state index is 0.0760. The standard InChI is InChI=1S/C16H24N2O4/c19-10-4-8-17-11-16(22)12-18(9-7-14(16)20)15(21)13-5-2-1-3-6-13/h1-3,5-6,14,17,19-20,22H,4,7-12H2/t14-,16+/m1/s1. The van der Waals surface area contributed by atoms with Gasteiger partial charge in [0.15, 0.2) is 0 Å². The summed E-state index contributed by atoms with van der Waals surface area (Å²) in [5.41, 5.74) is -0.785. The van der Waals surface area contributed by atoms with Gasteiger partial charge in [-0.3, -0.25) is 4.79 Å². The van der Waals surface area contributed by atoms with Crippen molar-refractivity contribution in [3.05, 3.63) is 35.9 Å². The number of carbonyl (C=O) groups is 1. The molecule has 1 amide bonds. The molecule has 0 spiro atoms. The first-order chi connectivity index (χ1) is 10.6. The molecule has 1 aliphatic heterocycles. The van der Waals surface area contributed by atoms with Gasteiger partial charge < -0.3 is 25.5 Å². The van der Waals surface area contributed by atoms with Crippen molar-refractivity contribution >= 4 is 5.91 Å². The lowest BCUT2D eigenvalue weighted by molar-refractivity contribution is -0.111. The number of β-amino-alcohol motifs (C(OH)–C–C–N with tert-alkyl or cyclic N) is 1. The zero-order valence-electron chi connectivity index (χ0n) is 12.6. The summed E-state index contributed by atoms with van der Waals surface area (Å²) in [6, 6.07) is 8.93. The van der Waals surface area contributed by atoms with Crippen LogP contribution in [-0.4, -0.2) is 70.6 Å². The molecule has 22 heavy (non-hydrogen) atoms. The smallest absolute Gasteiger partial charge is 0.253 e. The fourth-order valence-electron chi connectivity index (χ4n) is 2.68. The second kappa shape index (κ2) is 7.69. The maximum Gasteiger partial charge on any atom is 0.253 e. The zero-order chi connectivity index (χ0) is 16.0. The first-order valence-electron chi connectivity index (χ1n) is 7.63. The third-order valence-corrected chi connectivity index (χ3v) is 4.01. The summed E-state index contributed by atoms with van der Waals surface area (Å²) in [5.74, 6) is -0.138. The minimum atomic E-state index is -1.36. The Labute approximate surface area is 130 Å².